The highest BCUT2D eigenvalue weighted by Gasteiger charge is 2.39. The SMILES string of the molecule is C[C@H](CN)C[C@@](C)(COc1ccc(-c2ccnc(OC(N)=O)c2)cc1CO)C(=O)OC(C)(C)C. The zero-order chi connectivity index (χ0) is 25.5. The molecule has 2 atom stereocenters. The van der Waals surface area contributed by atoms with Crippen LogP contribution < -0.4 is 20.9 Å². The fourth-order valence-corrected chi connectivity index (χ4v) is 3.46. The Hall–Kier alpha value is -3.17. The van der Waals surface area contributed by atoms with E-state index in [1.165, 1.54) is 6.20 Å². The lowest BCUT2D eigenvalue weighted by molar-refractivity contribution is -0.169. The summed E-state index contributed by atoms with van der Waals surface area (Å²) in [5, 5.41) is 9.95. The van der Waals surface area contributed by atoms with Crippen molar-refractivity contribution in [2.24, 2.45) is 22.8 Å². The maximum atomic E-state index is 13.0. The lowest BCUT2D eigenvalue weighted by Gasteiger charge is -2.33. The van der Waals surface area contributed by atoms with E-state index in [1.807, 2.05) is 27.7 Å². The van der Waals surface area contributed by atoms with Crippen LogP contribution in [0.25, 0.3) is 11.1 Å². The Labute approximate surface area is 200 Å². The molecule has 1 amide bonds. The molecule has 186 valence electrons. The average Bonchev–Trinajstić information content (AvgIpc) is 2.76. The highest BCUT2D eigenvalue weighted by molar-refractivity contribution is 5.77. The molecule has 0 radical (unpaired) electrons. The van der Waals surface area contributed by atoms with Gasteiger partial charge in [-0.2, -0.15) is 0 Å². The van der Waals surface area contributed by atoms with Crippen LogP contribution in [0.15, 0.2) is 36.5 Å². The third-order valence-electron chi connectivity index (χ3n) is 5.14. The molecule has 0 aliphatic rings. The summed E-state index contributed by atoms with van der Waals surface area (Å²) in [5.41, 5.74) is 11.3. The van der Waals surface area contributed by atoms with Crippen LogP contribution in [0.1, 0.15) is 46.6 Å². The molecule has 1 aromatic carbocycles. The van der Waals surface area contributed by atoms with Gasteiger partial charge in [-0.25, -0.2) is 9.78 Å². The van der Waals surface area contributed by atoms with Crippen LogP contribution in [0, 0.1) is 11.3 Å². The first kappa shape index (κ1) is 27.1. The maximum absolute atomic E-state index is 13.0. The minimum absolute atomic E-state index is 0.0600. The lowest BCUT2D eigenvalue weighted by atomic mass is 9.82. The number of esters is 1. The van der Waals surface area contributed by atoms with Crippen molar-refractivity contribution in [1.29, 1.82) is 0 Å². The monoisotopic (exact) mass is 473 g/mol. The van der Waals surface area contributed by atoms with E-state index in [-0.39, 0.29) is 31.0 Å². The van der Waals surface area contributed by atoms with Crippen LogP contribution in [0.2, 0.25) is 0 Å². The van der Waals surface area contributed by atoms with Gasteiger partial charge in [0.05, 0.1) is 12.0 Å². The average molecular weight is 474 g/mol. The maximum Gasteiger partial charge on any atom is 0.411 e. The predicted molar refractivity (Wildman–Crippen MR) is 128 cm³/mol. The molecule has 0 bridgehead atoms. The molecule has 0 saturated heterocycles. The molecule has 1 aromatic heterocycles. The number of amides is 1. The predicted octanol–water partition coefficient (Wildman–Crippen LogP) is 3.41. The molecule has 9 heteroatoms. The van der Waals surface area contributed by atoms with Crippen molar-refractivity contribution in [2.75, 3.05) is 13.2 Å². The molecular formula is C25H35N3O6. The Morgan fingerprint density at radius 3 is 2.38 bits per heavy atom. The molecule has 2 rings (SSSR count). The van der Waals surface area contributed by atoms with Gasteiger partial charge in [-0.1, -0.05) is 13.0 Å². The molecular weight excluding hydrogens is 438 g/mol. The number of nitrogens with two attached hydrogens (primary N) is 2. The zero-order valence-electron chi connectivity index (χ0n) is 20.5. The zero-order valence-corrected chi connectivity index (χ0v) is 20.5. The number of carbonyl (C=O) groups excluding carboxylic acids is 2. The fraction of sp³-hybridized carbons (Fsp3) is 0.480. The Morgan fingerprint density at radius 1 is 1.12 bits per heavy atom. The van der Waals surface area contributed by atoms with Crippen molar-refractivity contribution in [3.05, 3.63) is 42.1 Å². The van der Waals surface area contributed by atoms with E-state index in [4.69, 9.17) is 25.7 Å². The lowest BCUT2D eigenvalue weighted by Crippen LogP contribution is -2.41. The summed E-state index contributed by atoms with van der Waals surface area (Å²) >= 11 is 0. The first-order valence-corrected chi connectivity index (χ1v) is 11.1. The summed E-state index contributed by atoms with van der Waals surface area (Å²) in [5.74, 6) is 0.243. The molecule has 0 unspecified atom stereocenters. The topological polar surface area (TPSA) is 147 Å². The number of aromatic nitrogens is 1. The van der Waals surface area contributed by atoms with E-state index in [1.54, 1.807) is 37.3 Å². The molecule has 0 aliphatic carbocycles. The normalized spacial score (nSPS) is 14.1. The van der Waals surface area contributed by atoms with Crippen LogP contribution >= 0.6 is 0 Å². The van der Waals surface area contributed by atoms with Crippen molar-refractivity contribution in [3.63, 3.8) is 0 Å². The number of aliphatic hydroxyl groups excluding tert-OH is 1. The van der Waals surface area contributed by atoms with Crippen LogP contribution in [0.4, 0.5) is 4.79 Å². The molecule has 0 fully saturated rings. The van der Waals surface area contributed by atoms with Crippen LogP contribution in [0.3, 0.4) is 0 Å². The van der Waals surface area contributed by atoms with E-state index in [0.29, 0.717) is 29.8 Å². The van der Waals surface area contributed by atoms with Crippen LogP contribution in [0.5, 0.6) is 11.6 Å². The van der Waals surface area contributed by atoms with Gasteiger partial charge in [0, 0.05) is 17.8 Å². The standard InChI is InChI=1S/C25H35N3O6/c1-16(13-26)12-25(5,22(30)34-24(2,3)4)15-32-20-7-6-17(10-19(20)14-29)18-8-9-28-21(11-18)33-23(27)31/h6-11,16,29H,12-15,26H2,1-5H3,(H2,27,31)/t16-,25-/m0/s1. The minimum Gasteiger partial charge on any atom is -0.492 e. The largest absolute Gasteiger partial charge is 0.492 e. The van der Waals surface area contributed by atoms with E-state index in [2.05, 4.69) is 4.98 Å². The van der Waals surface area contributed by atoms with Gasteiger partial charge in [-0.05, 0) is 75.9 Å². The Kier molecular flexibility index (Phi) is 9.00. The van der Waals surface area contributed by atoms with Gasteiger partial charge in [0.1, 0.15) is 18.0 Å². The molecule has 2 aromatic rings. The molecule has 34 heavy (non-hydrogen) atoms. The quantitative estimate of drug-likeness (QED) is 0.445. The molecule has 1 heterocycles. The first-order valence-electron chi connectivity index (χ1n) is 11.1. The van der Waals surface area contributed by atoms with Crippen molar-refractivity contribution in [1.82, 2.24) is 4.98 Å². The Morgan fingerprint density at radius 2 is 1.79 bits per heavy atom. The van der Waals surface area contributed by atoms with Crippen molar-refractivity contribution in [3.8, 4) is 22.8 Å². The summed E-state index contributed by atoms with van der Waals surface area (Å²) in [6, 6.07) is 8.57. The second-order valence-corrected chi connectivity index (χ2v) is 9.68. The molecule has 0 spiro atoms. The van der Waals surface area contributed by atoms with Gasteiger partial charge >= 0.3 is 12.1 Å². The van der Waals surface area contributed by atoms with E-state index >= 15 is 0 Å². The third-order valence-corrected chi connectivity index (χ3v) is 5.14. The summed E-state index contributed by atoms with van der Waals surface area (Å²) in [7, 11) is 0. The fourth-order valence-electron chi connectivity index (χ4n) is 3.46. The number of aliphatic hydroxyl groups is 1. The number of rotatable bonds is 10. The van der Waals surface area contributed by atoms with Crippen molar-refractivity contribution < 1.29 is 28.9 Å². The van der Waals surface area contributed by atoms with Crippen LogP contribution in [-0.4, -0.2) is 40.9 Å². The third kappa shape index (κ3) is 7.71. The number of pyridine rings is 1. The molecule has 0 saturated carbocycles. The minimum atomic E-state index is -0.957. The number of nitrogens with zero attached hydrogens (tertiary/aromatic N) is 1. The van der Waals surface area contributed by atoms with Gasteiger partial charge < -0.3 is 30.8 Å². The summed E-state index contributed by atoms with van der Waals surface area (Å²) in [4.78, 5) is 28.0. The van der Waals surface area contributed by atoms with Gasteiger partial charge in [-0.3, -0.25) is 4.79 Å². The molecule has 0 aliphatic heterocycles. The highest BCUT2D eigenvalue weighted by Crippen LogP contribution is 2.33. The number of primary amides is 1. The van der Waals surface area contributed by atoms with E-state index < -0.39 is 17.1 Å². The number of ether oxygens (including phenoxy) is 3. The number of hydrogen-bond donors (Lipinski definition) is 3. The van der Waals surface area contributed by atoms with Gasteiger partial charge in [0.15, 0.2) is 0 Å². The van der Waals surface area contributed by atoms with Gasteiger partial charge in [-0.15, -0.1) is 0 Å². The molecule has 5 N–H and O–H groups in total. The number of benzene rings is 1. The van der Waals surface area contributed by atoms with E-state index in [9.17, 15) is 14.7 Å². The smallest absolute Gasteiger partial charge is 0.411 e. The Balaban J connectivity index is 2.27. The van der Waals surface area contributed by atoms with E-state index in [0.717, 1.165) is 5.56 Å². The summed E-state index contributed by atoms with van der Waals surface area (Å²) in [6.07, 6.45) is 1.02. The molecule has 9 nitrogen and oxygen atoms in total. The van der Waals surface area contributed by atoms with Gasteiger partial charge in [0.2, 0.25) is 5.88 Å². The highest BCUT2D eigenvalue weighted by atomic mass is 16.6. The van der Waals surface area contributed by atoms with Crippen molar-refractivity contribution in [2.45, 2.75) is 53.2 Å². The van der Waals surface area contributed by atoms with Crippen LogP contribution in [-0.2, 0) is 16.1 Å². The van der Waals surface area contributed by atoms with Gasteiger partial charge in [0.25, 0.3) is 0 Å². The summed E-state index contributed by atoms with van der Waals surface area (Å²) < 4.78 is 16.5. The second kappa shape index (κ2) is 11.3. The van der Waals surface area contributed by atoms with Crippen molar-refractivity contribution >= 4 is 12.1 Å². The summed E-state index contributed by atoms with van der Waals surface area (Å²) in [6.45, 7) is 9.45. The second-order valence-electron chi connectivity index (χ2n) is 9.68. The Bertz CT molecular complexity index is 1000. The first-order chi connectivity index (χ1) is 15.9. The number of hydrogen-bond acceptors (Lipinski definition) is 8. The number of carbonyl (C=O) groups is 2.